The van der Waals surface area contributed by atoms with E-state index in [0.29, 0.717) is 12.2 Å². The van der Waals surface area contributed by atoms with Crippen LogP contribution in [0.3, 0.4) is 0 Å². The highest BCUT2D eigenvalue weighted by molar-refractivity contribution is 5.66. The molecule has 0 bridgehead atoms. The molecule has 0 amide bonds. The van der Waals surface area contributed by atoms with Crippen LogP contribution in [-0.2, 0) is 4.79 Å². The molecule has 1 unspecified atom stereocenters. The van der Waals surface area contributed by atoms with Crippen LogP contribution >= 0.6 is 0 Å². The Morgan fingerprint density at radius 3 is 2.85 bits per heavy atom. The van der Waals surface area contributed by atoms with E-state index in [1.165, 1.54) is 0 Å². The van der Waals surface area contributed by atoms with Gasteiger partial charge < -0.3 is 15.3 Å². The van der Waals surface area contributed by atoms with E-state index in [1.54, 1.807) is 6.07 Å². The molecule has 0 saturated heterocycles. The fourth-order valence-electron chi connectivity index (χ4n) is 1.07. The van der Waals surface area contributed by atoms with Gasteiger partial charge in [-0.15, -0.1) is 0 Å². The quantitative estimate of drug-likeness (QED) is 0.740. The van der Waals surface area contributed by atoms with Crippen molar-refractivity contribution in [2.24, 2.45) is 5.73 Å². The molecule has 0 aliphatic heterocycles. The highest BCUT2D eigenvalue weighted by Gasteiger charge is 2.11. The topological polar surface area (TPSA) is 76.5 Å². The number of nitrogens with two attached hydrogens (primary N) is 1. The second-order valence-corrected chi connectivity index (χ2v) is 2.99. The summed E-state index contributed by atoms with van der Waals surface area (Å²) in [5.41, 5.74) is 5.70. The molecule has 1 atom stereocenters. The molecule has 1 heterocycles. The average molecular weight is 183 g/mol. The van der Waals surface area contributed by atoms with E-state index in [-0.39, 0.29) is 12.5 Å². The maximum atomic E-state index is 10.3. The molecule has 0 spiro atoms. The predicted octanol–water partition coefficient (Wildman–Crippen LogP) is 1.45. The van der Waals surface area contributed by atoms with E-state index in [4.69, 9.17) is 15.3 Å². The van der Waals surface area contributed by atoms with Crippen molar-refractivity contribution in [2.75, 3.05) is 0 Å². The van der Waals surface area contributed by atoms with Crippen molar-refractivity contribution < 1.29 is 14.3 Å². The molecule has 4 nitrogen and oxygen atoms in total. The summed E-state index contributed by atoms with van der Waals surface area (Å²) in [6.07, 6.45) is 0.475. The first-order chi connectivity index (χ1) is 6.09. The Bertz CT molecular complexity index is 293. The first-order valence-corrected chi connectivity index (χ1v) is 4.13. The monoisotopic (exact) mass is 183 g/mol. The van der Waals surface area contributed by atoms with Crippen LogP contribution in [0.1, 0.15) is 30.4 Å². The molecule has 0 aliphatic carbocycles. The summed E-state index contributed by atoms with van der Waals surface area (Å²) in [5.74, 6) is 0.609. The number of hydrogen-bond acceptors (Lipinski definition) is 3. The summed E-state index contributed by atoms with van der Waals surface area (Å²) >= 11 is 0. The zero-order valence-electron chi connectivity index (χ0n) is 7.49. The Labute approximate surface area is 76.3 Å². The van der Waals surface area contributed by atoms with Gasteiger partial charge in [0.05, 0.1) is 6.04 Å². The minimum absolute atomic E-state index is 0.0704. The van der Waals surface area contributed by atoms with Crippen molar-refractivity contribution >= 4 is 5.97 Å². The minimum atomic E-state index is -0.835. The van der Waals surface area contributed by atoms with Gasteiger partial charge in [0.2, 0.25) is 0 Å². The summed E-state index contributed by atoms with van der Waals surface area (Å²) in [6, 6.07) is 3.28. The summed E-state index contributed by atoms with van der Waals surface area (Å²) < 4.78 is 5.26. The second kappa shape index (κ2) is 4.09. The zero-order valence-corrected chi connectivity index (χ0v) is 7.49. The third-order valence-corrected chi connectivity index (χ3v) is 1.80. The number of rotatable bonds is 4. The van der Waals surface area contributed by atoms with Gasteiger partial charge in [-0.05, 0) is 25.5 Å². The van der Waals surface area contributed by atoms with Gasteiger partial charge in [0.25, 0.3) is 0 Å². The van der Waals surface area contributed by atoms with Crippen molar-refractivity contribution in [1.29, 1.82) is 0 Å². The Morgan fingerprint density at radius 2 is 2.38 bits per heavy atom. The minimum Gasteiger partial charge on any atom is -0.481 e. The number of furan rings is 1. The highest BCUT2D eigenvalue weighted by atomic mass is 16.4. The Hall–Kier alpha value is -1.29. The van der Waals surface area contributed by atoms with Crippen LogP contribution in [0, 0.1) is 6.92 Å². The van der Waals surface area contributed by atoms with Crippen LogP contribution in [-0.4, -0.2) is 11.1 Å². The zero-order chi connectivity index (χ0) is 9.84. The van der Waals surface area contributed by atoms with E-state index in [1.807, 2.05) is 13.0 Å². The lowest BCUT2D eigenvalue weighted by atomic mass is 10.1. The number of carboxylic acids is 1. The number of aryl methyl sites for hydroxylation is 1. The van der Waals surface area contributed by atoms with Crippen LogP contribution in [0.4, 0.5) is 0 Å². The molecule has 1 rings (SSSR count). The standard InChI is InChI=1S/C9H13NO3/c1-6-2-4-8(13-6)7(10)3-5-9(11)12/h2,4,7H,3,5,10H2,1H3,(H,11,12). The SMILES string of the molecule is Cc1ccc(C(N)CCC(=O)O)o1. The number of aliphatic carboxylic acids is 1. The van der Waals surface area contributed by atoms with Gasteiger partial charge in [0.1, 0.15) is 11.5 Å². The van der Waals surface area contributed by atoms with Crippen LogP contribution in [0.25, 0.3) is 0 Å². The first-order valence-electron chi connectivity index (χ1n) is 4.13. The van der Waals surface area contributed by atoms with E-state index in [0.717, 1.165) is 5.76 Å². The molecular formula is C9H13NO3. The Kier molecular flexibility index (Phi) is 3.08. The normalized spacial score (nSPS) is 12.8. The summed E-state index contributed by atoms with van der Waals surface area (Å²) in [7, 11) is 0. The summed E-state index contributed by atoms with van der Waals surface area (Å²) in [4.78, 5) is 10.3. The van der Waals surface area contributed by atoms with Gasteiger partial charge in [0, 0.05) is 6.42 Å². The molecule has 0 aliphatic rings. The molecule has 4 heteroatoms. The van der Waals surface area contributed by atoms with Gasteiger partial charge in [-0.1, -0.05) is 0 Å². The predicted molar refractivity (Wildman–Crippen MR) is 47.2 cm³/mol. The molecule has 1 aromatic heterocycles. The molecule has 1 aromatic rings. The second-order valence-electron chi connectivity index (χ2n) is 2.99. The fourth-order valence-corrected chi connectivity index (χ4v) is 1.07. The molecule has 0 fully saturated rings. The van der Waals surface area contributed by atoms with Crippen molar-refractivity contribution in [2.45, 2.75) is 25.8 Å². The Morgan fingerprint density at radius 1 is 1.69 bits per heavy atom. The third kappa shape index (κ3) is 2.91. The smallest absolute Gasteiger partial charge is 0.303 e. The fraction of sp³-hybridized carbons (Fsp3) is 0.444. The van der Waals surface area contributed by atoms with E-state index in [9.17, 15) is 4.79 Å². The first kappa shape index (κ1) is 9.80. The van der Waals surface area contributed by atoms with Gasteiger partial charge in [-0.25, -0.2) is 0 Å². The molecule has 13 heavy (non-hydrogen) atoms. The number of carboxylic acid groups (broad SMARTS) is 1. The van der Waals surface area contributed by atoms with Gasteiger partial charge in [-0.3, -0.25) is 4.79 Å². The molecule has 0 aromatic carbocycles. The molecular weight excluding hydrogens is 170 g/mol. The van der Waals surface area contributed by atoms with E-state index < -0.39 is 5.97 Å². The summed E-state index contributed by atoms with van der Waals surface area (Å²) in [6.45, 7) is 1.83. The van der Waals surface area contributed by atoms with Crippen molar-refractivity contribution in [3.05, 3.63) is 23.7 Å². The van der Waals surface area contributed by atoms with Crippen molar-refractivity contribution in [3.63, 3.8) is 0 Å². The van der Waals surface area contributed by atoms with Gasteiger partial charge in [-0.2, -0.15) is 0 Å². The molecule has 0 saturated carbocycles. The third-order valence-electron chi connectivity index (χ3n) is 1.80. The maximum Gasteiger partial charge on any atom is 0.303 e. The van der Waals surface area contributed by atoms with Crippen molar-refractivity contribution in [3.8, 4) is 0 Å². The number of hydrogen-bond donors (Lipinski definition) is 2. The lowest BCUT2D eigenvalue weighted by molar-refractivity contribution is -0.137. The lowest BCUT2D eigenvalue weighted by Gasteiger charge is -2.05. The molecule has 72 valence electrons. The van der Waals surface area contributed by atoms with Gasteiger partial charge in [0.15, 0.2) is 0 Å². The van der Waals surface area contributed by atoms with E-state index in [2.05, 4.69) is 0 Å². The highest BCUT2D eigenvalue weighted by Crippen LogP contribution is 2.17. The van der Waals surface area contributed by atoms with Crippen LogP contribution < -0.4 is 5.73 Å². The van der Waals surface area contributed by atoms with Crippen LogP contribution in [0.5, 0.6) is 0 Å². The van der Waals surface area contributed by atoms with Gasteiger partial charge >= 0.3 is 5.97 Å². The largest absolute Gasteiger partial charge is 0.481 e. The maximum absolute atomic E-state index is 10.3. The van der Waals surface area contributed by atoms with E-state index >= 15 is 0 Å². The number of carbonyl (C=O) groups is 1. The molecule has 3 N–H and O–H groups in total. The van der Waals surface area contributed by atoms with Crippen LogP contribution in [0.15, 0.2) is 16.5 Å². The molecule has 0 radical (unpaired) electrons. The van der Waals surface area contributed by atoms with Crippen molar-refractivity contribution in [1.82, 2.24) is 0 Å². The van der Waals surface area contributed by atoms with Crippen LogP contribution in [0.2, 0.25) is 0 Å². The Balaban J connectivity index is 2.48. The summed E-state index contributed by atoms with van der Waals surface area (Å²) in [5, 5.41) is 8.43. The average Bonchev–Trinajstić information content (AvgIpc) is 2.47. The lowest BCUT2D eigenvalue weighted by Crippen LogP contribution is -2.11.